The fraction of sp³-hybridized carbons (Fsp3) is 0.500. The summed E-state index contributed by atoms with van der Waals surface area (Å²) in [5, 5.41) is 33.3. The molecule has 0 spiro atoms. The van der Waals surface area contributed by atoms with Gasteiger partial charge in [0, 0.05) is 0 Å². The van der Waals surface area contributed by atoms with Crippen LogP contribution in [0.1, 0.15) is 14.3 Å². The second-order valence-corrected chi connectivity index (χ2v) is 2.53. The average molecular weight is 266 g/mol. The SMILES string of the molecule is O.O=C(O)CC(CC(=O)O)(OO)C(=O)O.[H-].[K+]. The van der Waals surface area contributed by atoms with Crippen molar-refractivity contribution in [2.24, 2.45) is 0 Å². The molecule has 16 heavy (non-hydrogen) atoms. The molecule has 9 nitrogen and oxygen atoms in total. The summed E-state index contributed by atoms with van der Waals surface area (Å²) in [4.78, 5) is 34.4. The molecule has 0 aromatic rings. The Balaban J connectivity index is -0.000000282. The third-order valence-electron chi connectivity index (χ3n) is 1.44. The molecule has 0 heterocycles. The Morgan fingerprint density at radius 2 is 1.38 bits per heavy atom. The van der Waals surface area contributed by atoms with Crippen LogP contribution in [0.2, 0.25) is 0 Å². The summed E-state index contributed by atoms with van der Waals surface area (Å²) < 4.78 is 0. The van der Waals surface area contributed by atoms with Gasteiger partial charge < -0.3 is 22.2 Å². The van der Waals surface area contributed by atoms with E-state index in [2.05, 4.69) is 4.89 Å². The Morgan fingerprint density at radius 1 is 1.06 bits per heavy atom. The van der Waals surface area contributed by atoms with Crippen molar-refractivity contribution in [2.45, 2.75) is 18.4 Å². The number of carboxylic acids is 3. The first-order valence-electron chi connectivity index (χ1n) is 3.33. The monoisotopic (exact) mass is 266 g/mol. The van der Waals surface area contributed by atoms with Crippen LogP contribution in [-0.2, 0) is 19.3 Å². The second-order valence-electron chi connectivity index (χ2n) is 2.53. The van der Waals surface area contributed by atoms with E-state index in [-0.39, 0.29) is 58.3 Å². The maximum Gasteiger partial charge on any atom is 1.00 e. The molecule has 0 radical (unpaired) electrons. The van der Waals surface area contributed by atoms with E-state index in [0.29, 0.717) is 0 Å². The molecule has 0 bridgehead atoms. The van der Waals surface area contributed by atoms with Gasteiger partial charge in [-0.1, -0.05) is 0 Å². The summed E-state index contributed by atoms with van der Waals surface area (Å²) in [6, 6.07) is 0. The average Bonchev–Trinajstić information content (AvgIpc) is 2.00. The standard InChI is InChI=1S/C6H8O8.K.H2O.H/c7-3(8)1-6(14-13,5(11)12)2-4(9)10;;;/h13H,1-2H2,(H,7,8)(H,9,10)(H,11,12);;1H2;/q;+1;;-1. The summed E-state index contributed by atoms with van der Waals surface area (Å²) in [5.74, 6) is -5.05. The van der Waals surface area contributed by atoms with Crippen molar-refractivity contribution < 1.29 is 98.1 Å². The van der Waals surface area contributed by atoms with Crippen molar-refractivity contribution in [2.75, 3.05) is 0 Å². The molecule has 0 aliphatic rings. The quantitative estimate of drug-likeness (QED) is 0.211. The second kappa shape index (κ2) is 9.01. The van der Waals surface area contributed by atoms with Crippen molar-refractivity contribution in [3.8, 4) is 0 Å². The predicted molar refractivity (Wildman–Crippen MR) is 43.3 cm³/mol. The smallest absolute Gasteiger partial charge is 1.00 e. The van der Waals surface area contributed by atoms with Gasteiger partial charge in [-0.2, -0.15) is 0 Å². The van der Waals surface area contributed by atoms with E-state index in [9.17, 15) is 14.4 Å². The number of rotatable bonds is 6. The summed E-state index contributed by atoms with van der Waals surface area (Å²) in [6.07, 6.45) is -2.30. The molecule has 0 atom stereocenters. The van der Waals surface area contributed by atoms with E-state index in [4.69, 9.17) is 20.6 Å². The minimum atomic E-state index is -2.64. The summed E-state index contributed by atoms with van der Waals surface area (Å²) in [5.41, 5.74) is -2.64. The van der Waals surface area contributed by atoms with Crippen LogP contribution >= 0.6 is 0 Å². The van der Waals surface area contributed by atoms with Crippen molar-refractivity contribution in [1.82, 2.24) is 0 Å². The van der Waals surface area contributed by atoms with Gasteiger partial charge >= 0.3 is 69.3 Å². The number of carboxylic acid groups (broad SMARTS) is 3. The van der Waals surface area contributed by atoms with Gasteiger partial charge in [0.2, 0.25) is 5.60 Å². The molecular weight excluding hydrogens is 255 g/mol. The van der Waals surface area contributed by atoms with Crippen LogP contribution in [0.4, 0.5) is 0 Å². The molecule has 6 N–H and O–H groups in total. The van der Waals surface area contributed by atoms with Crippen molar-refractivity contribution in [3.63, 3.8) is 0 Å². The zero-order valence-electron chi connectivity index (χ0n) is 9.34. The van der Waals surface area contributed by atoms with Crippen molar-refractivity contribution in [1.29, 1.82) is 0 Å². The molecule has 0 amide bonds. The van der Waals surface area contributed by atoms with Gasteiger partial charge in [-0.3, -0.25) is 14.8 Å². The van der Waals surface area contributed by atoms with Gasteiger partial charge in [-0.05, 0) is 0 Å². The number of hydrogen-bond acceptors (Lipinski definition) is 5. The van der Waals surface area contributed by atoms with Crippen LogP contribution in [0.25, 0.3) is 0 Å². The first kappa shape index (κ1) is 21.2. The van der Waals surface area contributed by atoms with Gasteiger partial charge in [-0.25, -0.2) is 9.68 Å². The molecular formula is C6H11KO9. The zero-order chi connectivity index (χ0) is 11.4. The van der Waals surface area contributed by atoms with Gasteiger partial charge in [-0.15, -0.1) is 0 Å². The Bertz CT molecular complexity index is 252. The topological polar surface area (TPSA) is 173 Å². The molecule has 0 saturated heterocycles. The zero-order valence-corrected chi connectivity index (χ0v) is 11.5. The molecule has 0 saturated carbocycles. The normalized spacial score (nSPS) is 9.56. The molecule has 0 aliphatic heterocycles. The van der Waals surface area contributed by atoms with E-state index in [1.165, 1.54) is 0 Å². The Kier molecular flexibility index (Phi) is 12.0. The van der Waals surface area contributed by atoms with Crippen LogP contribution in [0.5, 0.6) is 0 Å². The molecule has 0 unspecified atom stereocenters. The summed E-state index contributed by atoms with van der Waals surface area (Å²) in [7, 11) is 0. The maximum absolute atomic E-state index is 10.5. The summed E-state index contributed by atoms with van der Waals surface area (Å²) in [6.45, 7) is 0. The molecule has 0 fully saturated rings. The maximum atomic E-state index is 10.5. The van der Waals surface area contributed by atoms with Crippen LogP contribution in [0.15, 0.2) is 0 Å². The molecule has 0 aromatic heterocycles. The fourth-order valence-corrected chi connectivity index (χ4v) is 0.806. The molecule has 10 heteroatoms. The first-order chi connectivity index (χ1) is 6.34. The van der Waals surface area contributed by atoms with E-state index in [1.807, 2.05) is 0 Å². The van der Waals surface area contributed by atoms with E-state index < -0.39 is 36.4 Å². The van der Waals surface area contributed by atoms with Crippen LogP contribution < -0.4 is 51.4 Å². The predicted octanol–water partition coefficient (Wildman–Crippen LogP) is -4.46. The first-order valence-corrected chi connectivity index (χ1v) is 3.33. The van der Waals surface area contributed by atoms with Gasteiger partial charge in [0.1, 0.15) is 0 Å². The minimum absolute atomic E-state index is 0. The third kappa shape index (κ3) is 6.50. The van der Waals surface area contributed by atoms with E-state index >= 15 is 0 Å². The third-order valence-corrected chi connectivity index (χ3v) is 1.44. The molecule has 0 aromatic carbocycles. The largest absolute Gasteiger partial charge is 1.00 e. The molecule has 0 rings (SSSR count). The fourth-order valence-electron chi connectivity index (χ4n) is 0.806. The number of carbonyl (C=O) groups is 3. The Morgan fingerprint density at radius 3 is 1.50 bits per heavy atom. The minimum Gasteiger partial charge on any atom is -1.00 e. The van der Waals surface area contributed by atoms with Crippen molar-refractivity contribution >= 4 is 17.9 Å². The van der Waals surface area contributed by atoms with E-state index in [0.717, 1.165) is 0 Å². The van der Waals surface area contributed by atoms with Crippen molar-refractivity contribution in [3.05, 3.63) is 0 Å². The number of hydrogen-bond donors (Lipinski definition) is 4. The van der Waals surface area contributed by atoms with Crippen LogP contribution in [-0.4, -0.2) is 49.6 Å². The van der Waals surface area contributed by atoms with Crippen LogP contribution in [0, 0.1) is 0 Å². The summed E-state index contributed by atoms with van der Waals surface area (Å²) >= 11 is 0. The van der Waals surface area contributed by atoms with Gasteiger partial charge in [0.15, 0.2) is 0 Å². The van der Waals surface area contributed by atoms with E-state index in [1.54, 1.807) is 0 Å². The molecule has 0 aliphatic carbocycles. The Labute approximate surface area is 133 Å². The van der Waals surface area contributed by atoms with Gasteiger partial charge in [0.25, 0.3) is 0 Å². The Hall–Kier alpha value is -0.0736. The molecule has 90 valence electrons. The van der Waals surface area contributed by atoms with Crippen LogP contribution in [0.3, 0.4) is 0 Å². The van der Waals surface area contributed by atoms with Gasteiger partial charge in [0.05, 0.1) is 12.8 Å². The number of aliphatic carboxylic acids is 3.